The summed E-state index contributed by atoms with van der Waals surface area (Å²) in [6.07, 6.45) is 0. The van der Waals surface area contributed by atoms with Crippen LogP contribution in [-0.4, -0.2) is 36.6 Å². The van der Waals surface area contributed by atoms with Gasteiger partial charge in [-0.05, 0) is 60.9 Å². The lowest BCUT2D eigenvalue weighted by Crippen LogP contribution is -2.41. The predicted octanol–water partition coefficient (Wildman–Crippen LogP) is 4.70. The Morgan fingerprint density at radius 3 is 1.57 bits per heavy atom. The van der Waals surface area contributed by atoms with Crippen molar-refractivity contribution in [2.24, 2.45) is 0 Å². The third-order valence-electron chi connectivity index (χ3n) is 7.11. The molecule has 4 nitrogen and oxygen atoms in total. The van der Waals surface area contributed by atoms with Crippen LogP contribution in [0.1, 0.15) is 55.4 Å². The lowest BCUT2D eigenvalue weighted by molar-refractivity contribution is 0.00578. The quantitative estimate of drug-likeness (QED) is 0.624. The van der Waals surface area contributed by atoms with Crippen molar-refractivity contribution in [1.82, 2.24) is 0 Å². The summed E-state index contributed by atoms with van der Waals surface area (Å²) in [7, 11) is -1.12. The van der Waals surface area contributed by atoms with E-state index in [4.69, 9.17) is 41.8 Å². The van der Waals surface area contributed by atoms with Crippen LogP contribution in [0.4, 0.5) is 0 Å². The first-order valence-electron chi connectivity index (χ1n) is 10.3. The monoisotopic (exact) mass is 448 g/mol. The van der Waals surface area contributed by atoms with Gasteiger partial charge in [-0.1, -0.05) is 47.5 Å². The summed E-state index contributed by atoms with van der Waals surface area (Å²) < 4.78 is 24.9. The molecule has 4 rings (SSSR count). The average molecular weight is 449 g/mol. The molecule has 0 bridgehead atoms. The van der Waals surface area contributed by atoms with E-state index in [0.29, 0.717) is 15.5 Å². The van der Waals surface area contributed by atoms with Gasteiger partial charge < -0.3 is 18.6 Å². The minimum absolute atomic E-state index is 0.424. The summed E-state index contributed by atoms with van der Waals surface area (Å²) in [4.78, 5) is 0. The van der Waals surface area contributed by atoms with Crippen molar-refractivity contribution in [3.05, 3.63) is 34.3 Å². The zero-order valence-corrected chi connectivity index (χ0v) is 20.4. The second-order valence-corrected chi connectivity index (χ2v) is 11.0. The van der Waals surface area contributed by atoms with Crippen LogP contribution < -0.4 is 10.9 Å². The fraction of sp³-hybridized carbons (Fsp3) is 0.545. The van der Waals surface area contributed by atoms with Crippen molar-refractivity contribution in [2.45, 2.75) is 77.8 Å². The summed E-state index contributed by atoms with van der Waals surface area (Å²) in [5.74, 6) is 0. The smallest absolute Gasteiger partial charge is 0.399 e. The molecule has 2 saturated heterocycles. The SMILES string of the molecule is CC1(C)OB(c2cccc3c(Cl)c(B4OC(C)(C)C(C)(C)O4)c(Cl)c-3c2)OC1(C)C. The lowest BCUT2D eigenvalue weighted by Gasteiger charge is -2.32. The van der Waals surface area contributed by atoms with E-state index in [1.54, 1.807) is 0 Å². The van der Waals surface area contributed by atoms with E-state index in [9.17, 15) is 0 Å². The highest BCUT2D eigenvalue weighted by Gasteiger charge is 2.54. The molecule has 0 N–H and O–H groups in total. The van der Waals surface area contributed by atoms with Crippen molar-refractivity contribution in [3.63, 3.8) is 0 Å². The standard InChI is InChI=1S/C22H28B2Cl2O4/c1-19(2)20(3,4)28-23(27-19)13-10-9-11-14-15(12-13)18(26)16(17(14)25)24-29-21(5,6)22(7,8)30-24/h9-12H,1-8H3. The van der Waals surface area contributed by atoms with E-state index in [1.807, 2.05) is 79.7 Å². The van der Waals surface area contributed by atoms with Gasteiger partial charge in [-0.2, -0.15) is 0 Å². The summed E-state index contributed by atoms with van der Waals surface area (Å²) in [5.41, 5.74) is 1.40. The fourth-order valence-corrected chi connectivity index (χ4v) is 4.43. The highest BCUT2D eigenvalue weighted by Crippen LogP contribution is 2.42. The van der Waals surface area contributed by atoms with Gasteiger partial charge in [0.2, 0.25) is 0 Å². The van der Waals surface area contributed by atoms with Gasteiger partial charge in [0.25, 0.3) is 0 Å². The molecule has 160 valence electrons. The van der Waals surface area contributed by atoms with Crippen molar-refractivity contribution < 1.29 is 18.6 Å². The second kappa shape index (κ2) is 6.87. The molecule has 0 spiro atoms. The van der Waals surface area contributed by atoms with Gasteiger partial charge in [0.1, 0.15) is 0 Å². The maximum Gasteiger partial charge on any atom is 0.497 e. The van der Waals surface area contributed by atoms with Crippen LogP contribution in [0.5, 0.6) is 0 Å². The van der Waals surface area contributed by atoms with Crippen LogP contribution in [0, 0.1) is 0 Å². The van der Waals surface area contributed by atoms with Crippen molar-refractivity contribution in [3.8, 4) is 11.1 Å². The van der Waals surface area contributed by atoms with E-state index in [2.05, 4.69) is 0 Å². The summed E-state index contributed by atoms with van der Waals surface area (Å²) in [5, 5.41) is 1.08. The molecular weight excluding hydrogens is 421 g/mol. The fourth-order valence-electron chi connectivity index (χ4n) is 3.69. The molecule has 0 aromatic carbocycles. The van der Waals surface area contributed by atoms with Crippen LogP contribution in [-0.2, 0) is 18.6 Å². The first-order chi connectivity index (χ1) is 13.7. The molecular formula is C22H28B2Cl2O4. The molecule has 4 aliphatic rings. The number of rotatable bonds is 2. The molecule has 2 fully saturated rings. The van der Waals surface area contributed by atoms with Gasteiger partial charge in [0.15, 0.2) is 0 Å². The topological polar surface area (TPSA) is 36.9 Å². The van der Waals surface area contributed by atoms with E-state index in [0.717, 1.165) is 16.6 Å². The lowest BCUT2D eigenvalue weighted by atomic mass is 9.79. The number of fused-ring (bicyclic) bond motifs is 1. The second-order valence-electron chi connectivity index (χ2n) is 10.2. The molecule has 0 aromatic rings. The van der Waals surface area contributed by atoms with Crippen LogP contribution in [0.25, 0.3) is 11.1 Å². The average Bonchev–Trinajstić information content (AvgIpc) is 2.96. The molecule has 0 amide bonds. The Balaban J connectivity index is 1.77. The minimum Gasteiger partial charge on any atom is -0.399 e. The molecule has 2 aliphatic carbocycles. The molecule has 0 radical (unpaired) electrons. The van der Waals surface area contributed by atoms with Crippen molar-refractivity contribution >= 4 is 48.4 Å². The first kappa shape index (κ1) is 22.4. The molecule has 0 atom stereocenters. The third-order valence-corrected chi connectivity index (χ3v) is 7.93. The maximum absolute atomic E-state index is 6.85. The summed E-state index contributed by atoms with van der Waals surface area (Å²) in [6, 6.07) is 7.86. The van der Waals surface area contributed by atoms with Gasteiger partial charge in [0, 0.05) is 26.6 Å². The van der Waals surface area contributed by atoms with Crippen molar-refractivity contribution in [2.75, 3.05) is 0 Å². The number of hydrogen-bond acceptors (Lipinski definition) is 4. The van der Waals surface area contributed by atoms with Crippen LogP contribution >= 0.6 is 23.2 Å². The van der Waals surface area contributed by atoms with Crippen LogP contribution in [0.2, 0.25) is 10.0 Å². The Labute approximate surface area is 190 Å². The number of halogens is 2. The van der Waals surface area contributed by atoms with E-state index in [1.165, 1.54) is 0 Å². The molecule has 0 saturated carbocycles. The van der Waals surface area contributed by atoms with Crippen LogP contribution in [0.15, 0.2) is 24.3 Å². The molecule has 30 heavy (non-hydrogen) atoms. The Morgan fingerprint density at radius 2 is 1.07 bits per heavy atom. The number of hydrogen-bond donors (Lipinski definition) is 0. The predicted molar refractivity (Wildman–Crippen MR) is 125 cm³/mol. The molecule has 0 unspecified atom stereocenters. The van der Waals surface area contributed by atoms with E-state index < -0.39 is 36.6 Å². The highest BCUT2D eigenvalue weighted by atomic mass is 35.5. The van der Waals surface area contributed by atoms with Gasteiger partial charge >= 0.3 is 14.2 Å². The zero-order chi connectivity index (χ0) is 22.3. The Hall–Kier alpha value is -0.750. The van der Waals surface area contributed by atoms with Gasteiger partial charge in [-0.25, -0.2) is 0 Å². The van der Waals surface area contributed by atoms with E-state index in [-0.39, 0.29) is 0 Å². The molecule has 8 heteroatoms. The highest BCUT2D eigenvalue weighted by molar-refractivity contribution is 6.71. The van der Waals surface area contributed by atoms with Crippen LogP contribution in [0.3, 0.4) is 0 Å². The Kier molecular flexibility index (Phi) is 5.14. The Morgan fingerprint density at radius 1 is 0.633 bits per heavy atom. The zero-order valence-electron chi connectivity index (χ0n) is 18.9. The maximum atomic E-state index is 6.85. The van der Waals surface area contributed by atoms with Gasteiger partial charge in [-0.15, -0.1) is 0 Å². The summed E-state index contributed by atoms with van der Waals surface area (Å²) >= 11 is 13.6. The third kappa shape index (κ3) is 3.32. The Bertz CT molecular complexity index is 942. The van der Waals surface area contributed by atoms with Gasteiger partial charge in [-0.3, -0.25) is 0 Å². The normalized spacial score (nSPS) is 24.1. The van der Waals surface area contributed by atoms with E-state index >= 15 is 0 Å². The van der Waals surface area contributed by atoms with Gasteiger partial charge in [0.05, 0.1) is 22.4 Å². The molecule has 2 heterocycles. The molecule has 0 aromatic heterocycles. The van der Waals surface area contributed by atoms with Crippen molar-refractivity contribution in [1.29, 1.82) is 0 Å². The molecule has 2 aliphatic heterocycles. The summed E-state index contributed by atoms with van der Waals surface area (Å²) in [6.45, 7) is 16.2. The first-order valence-corrected chi connectivity index (χ1v) is 11.0. The minimum atomic E-state index is -0.631. The largest absolute Gasteiger partial charge is 0.497 e.